The summed E-state index contributed by atoms with van der Waals surface area (Å²) in [4.78, 5) is 3.76. The number of rotatable bonds is 2. The van der Waals surface area contributed by atoms with E-state index in [2.05, 4.69) is 22.4 Å². The molecule has 0 unspecified atom stereocenters. The summed E-state index contributed by atoms with van der Waals surface area (Å²) in [5, 5.41) is 11.5. The number of hydrogen-bond donors (Lipinski definition) is 0. The van der Waals surface area contributed by atoms with E-state index in [9.17, 15) is 5.26 Å². The molecule has 0 saturated carbocycles. The van der Waals surface area contributed by atoms with Gasteiger partial charge in [-0.1, -0.05) is 6.07 Å². The van der Waals surface area contributed by atoms with E-state index in [0.717, 1.165) is 36.3 Å². The van der Waals surface area contributed by atoms with Crippen molar-refractivity contribution in [2.75, 3.05) is 11.4 Å². The number of halogens is 1. The van der Waals surface area contributed by atoms with Crippen molar-refractivity contribution in [1.29, 1.82) is 5.26 Å². The minimum atomic E-state index is 0.448. The van der Waals surface area contributed by atoms with Crippen molar-refractivity contribution in [3.63, 3.8) is 0 Å². The highest BCUT2D eigenvalue weighted by Crippen LogP contribution is 2.30. The number of fused-ring (bicyclic) bond motifs is 1. The SMILES string of the molecule is N#Cc1cc(CCl)ccc1N1CCc2sccc2C1. The van der Waals surface area contributed by atoms with Crippen molar-refractivity contribution in [2.45, 2.75) is 18.8 Å². The Bertz CT molecular complexity index is 642. The summed E-state index contributed by atoms with van der Waals surface area (Å²) in [7, 11) is 0. The summed E-state index contributed by atoms with van der Waals surface area (Å²) in [6.45, 7) is 1.87. The molecule has 96 valence electrons. The lowest BCUT2D eigenvalue weighted by Crippen LogP contribution is -2.30. The fourth-order valence-electron chi connectivity index (χ4n) is 2.49. The Labute approximate surface area is 121 Å². The molecule has 19 heavy (non-hydrogen) atoms. The number of nitriles is 1. The van der Waals surface area contributed by atoms with Gasteiger partial charge in [0.15, 0.2) is 0 Å². The monoisotopic (exact) mass is 288 g/mol. The maximum atomic E-state index is 9.31. The number of anilines is 1. The highest BCUT2D eigenvalue weighted by Gasteiger charge is 2.19. The summed E-state index contributed by atoms with van der Waals surface area (Å²) in [5.41, 5.74) is 4.13. The molecule has 2 nitrogen and oxygen atoms in total. The van der Waals surface area contributed by atoms with Crippen LogP contribution in [0.2, 0.25) is 0 Å². The molecule has 2 aromatic rings. The zero-order valence-electron chi connectivity index (χ0n) is 10.4. The van der Waals surface area contributed by atoms with E-state index in [1.807, 2.05) is 29.5 Å². The molecule has 0 atom stereocenters. The summed E-state index contributed by atoms with van der Waals surface area (Å²) in [6, 6.07) is 10.4. The maximum Gasteiger partial charge on any atom is 0.101 e. The normalized spacial score (nSPS) is 14.0. The lowest BCUT2D eigenvalue weighted by atomic mass is 10.1. The van der Waals surface area contributed by atoms with Crippen molar-refractivity contribution in [1.82, 2.24) is 0 Å². The second-order valence-corrected chi connectivity index (χ2v) is 5.91. The van der Waals surface area contributed by atoms with Crippen molar-refractivity contribution in [3.05, 3.63) is 51.2 Å². The lowest BCUT2D eigenvalue weighted by Gasteiger charge is -2.29. The Morgan fingerprint density at radius 3 is 3.05 bits per heavy atom. The fourth-order valence-corrected chi connectivity index (χ4v) is 3.54. The fraction of sp³-hybridized carbons (Fsp3) is 0.267. The van der Waals surface area contributed by atoms with E-state index in [0.29, 0.717) is 5.88 Å². The molecule has 2 heterocycles. The quantitative estimate of drug-likeness (QED) is 0.783. The van der Waals surface area contributed by atoms with Crippen molar-refractivity contribution in [3.8, 4) is 6.07 Å². The molecule has 1 aliphatic rings. The standard InChI is InChI=1S/C15H13ClN2S/c16-8-11-1-2-14(13(7-11)9-17)18-5-3-15-12(10-18)4-6-19-15/h1-2,4,6-7H,3,5,8,10H2. The molecule has 0 saturated heterocycles. The Hall–Kier alpha value is -1.50. The minimum Gasteiger partial charge on any atom is -0.366 e. The van der Waals surface area contributed by atoms with E-state index in [-0.39, 0.29) is 0 Å². The molecule has 1 aromatic carbocycles. The van der Waals surface area contributed by atoms with Crippen LogP contribution in [-0.4, -0.2) is 6.54 Å². The number of thiophene rings is 1. The molecule has 0 amide bonds. The number of alkyl halides is 1. The van der Waals surface area contributed by atoms with Gasteiger partial charge >= 0.3 is 0 Å². The summed E-state index contributed by atoms with van der Waals surface area (Å²) < 4.78 is 0. The van der Waals surface area contributed by atoms with Gasteiger partial charge in [-0.05, 0) is 41.1 Å². The van der Waals surface area contributed by atoms with Crippen LogP contribution in [0.1, 0.15) is 21.6 Å². The number of hydrogen-bond acceptors (Lipinski definition) is 3. The van der Waals surface area contributed by atoms with Gasteiger partial charge < -0.3 is 4.90 Å². The second-order valence-electron chi connectivity index (χ2n) is 4.64. The highest BCUT2D eigenvalue weighted by molar-refractivity contribution is 7.10. The van der Waals surface area contributed by atoms with Gasteiger partial charge in [-0.3, -0.25) is 0 Å². The molecule has 0 spiro atoms. The van der Waals surface area contributed by atoms with Crippen LogP contribution >= 0.6 is 22.9 Å². The Morgan fingerprint density at radius 1 is 1.37 bits per heavy atom. The van der Waals surface area contributed by atoms with E-state index < -0.39 is 0 Å². The minimum absolute atomic E-state index is 0.448. The van der Waals surface area contributed by atoms with E-state index >= 15 is 0 Å². The van der Waals surface area contributed by atoms with Gasteiger partial charge in [0.05, 0.1) is 11.3 Å². The van der Waals surface area contributed by atoms with Gasteiger partial charge in [-0.2, -0.15) is 5.26 Å². The zero-order chi connectivity index (χ0) is 13.2. The van der Waals surface area contributed by atoms with Crippen LogP contribution in [0.5, 0.6) is 0 Å². The van der Waals surface area contributed by atoms with Gasteiger partial charge in [0.2, 0.25) is 0 Å². The molecule has 3 rings (SSSR count). The molecule has 0 aliphatic carbocycles. The Balaban J connectivity index is 1.94. The first-order valence-electron chi connectivity index (χ1n) is 6.21. The van der Waals surface area contributed by atoms with Crippen LogP contribution in [0.15, 0.2) is 29.6 Å². The largest absolute Gasteiger partial charge is 0.366 e. The third-order valence-electron chi connectivity index (χ3n) is 3.48. The molecule has 4 heteroatoms. The van der Waals surface area contributed by atoms with Crippen LogP contribution in [0.4, 0.5) is 5.69 Å². The third kappa shape index (κ3) is 2.34. The average molecular weight is 289 g/mol. The number of nitrogens with zero attached hydrogens (tertiary/aromatic N) is 2. The summed E-state index contributed by atoms with van der Waals surface area (Å²) >= 11 is 7.65. The first-order valence-corrected chi connectivity index (χ1v) is 7.62. The van der Waals surface area contributed by atoms with Crippen LogP contribution in [0.3, 0.4) is 0 Å². The molecule has 0 bridgehead atoms. The first-order chi connectivity index (χ1) is 9.31. The topological polar surface area (TPSA) is 27.0 Å². The van der Waals surface area contributed by atoms with E-state index in [1.165, 1.54) is 10.4 Å². The predicted molar refractivity (Wildman–Crippen MR) is 79.8 cm³/mol. The molecular weight excluding hydrogens is 276 g/mol. The van der Waals surface area contributed by atoms with Crippen molar-refractivity contribution in [2.24, 2.45) is 0 Å². The first kappa shape index (κ1) is 12.5. The van der Waals surface area contributed by atoms with Crippen LogP contribution < -0.4 is 4.90 Å². The Kier molecular flexibility index (Phi) is 3.46. The van der Waals surface area contributed by atoms with E-state index in [4.69, 9.17) is 11.6 Å². The molecule has 0 N–H and O–H groups in total. The summed E-state index contributed by atoms with van der Waals surface area (Å²) in [6.07, 6.45) is 1.06. The third-order valence-corrected chi connectivity index (χ3v) is 4.82. The van der Waals surface area contributed by atoms with Gasteiger partial charge in [0, 0.05) is 23.8 Å². The van der Waals surface area contributed by atoms with Gasteiger partial charge in [-0.15, -0.1) is 22.9 Å². The molecule has 0 fully saturated rings. The van der Waals surface area contributed by atoms with Gasteiger partial charge in [0.25, 0.3) is 0 Å². The average Bonchev–Trinajstić information content (AvgIpc) is 2.93. The van der Waals surface area contributed by atoms with Crippen LogP contribution in [0.25, 0.3) is 0 Å². The molecule has 0 radical (unpaired) electrons. The van der Waals surface area contributed by atoms with Crippen LogP contribution in [-0.2, 0) is 18.8 Å². The molecular formula is C15H13ClN2S. The smallest absolute Gasteiger partial charge is 0.101 e. The molecule has 1 aromatic heterocycles. The maximum absolute atomic E-state index is 9.31. The number of benzene rings is 1. The lowest BCUT2D eigenvalue weighted by molar-refractivity contribution is 0.742. The zero-order valence-corrected chi connectivity index (χ0v) is 12.0. The summed E-state index contributed by atoms with van der Waals surface area (Å²) in [5.74, 6) is 0.448. The van der Waals surface area contributed by atoms with Gasteiger partial charge in [-0.25, -0.2) is 0 Å². The molecule has 1 aliphatic heterocycles. The van der Waals surface area contributed by atoms with Crippen molar-refractivity contribution >= 4 is 28.6 Å². The Morgan fingerprint density at radius 2 is 2.26 bits per heavy atom. The highest BCUT2D eigenvalue weighted by atomic mass is 35.5. The van der Waals surface area contributed by atoms with Crippen LogP contribution in [0, 0.1) is 11.3 Å². The predicted octanol–water partition coefficient (Wildman–Crippen LogP) is 3.92. The van der Waals surface area contributed by atoms with Crippen molar-refractivity contribution < 1.29 is 0 Å². The van der Waals surface area contributed by atoms with E-state index in [1.54, 1.807) is 0 Å². The second kappa shape index (κ2) is 5.24. The van der Waals surface area contributed by atoms with Gasteiger partial charge in [0.1, 0.15) is 6.07 Å².